The van der Waals surface area contributed by atoms with Crippen molar-refractivity contribution in [2.24, 2.45) is 0 Å². The predicted molar refractivity (Wildman–Crippen MR) is 102 cm³/mol. The predicted octanol–water partition coefficient (Wildman–Crippen LogP) is 2.63. The first kappa shape index (κ1) is 16.5. The molecule has 0 fully saturated rings. The van der Waals surface area contributed by atoms with Crippen LogP contribution in [0.25, 0.3) is 27.3 Å². The van der Waals surface area contributed by atoms with Crippen LogP contribution in [0.2, 0.25) is 0 Å². The quantitative estimate of drug-likeness (QED) is 0.501. The topological polar surface area (TPSA) is 111 Å². The fraction of sp³-hybridized carbons (Fsp3) is 0.111. The molecule has 28 heavy (non-hydrogen) atoms. The van der Waals surface area contributed by atoms with Gasteiger partial charge in [-0.2, -0.15) is 4.98 Å². The van der Waals surface area contributed by atoms with Crippen molar-refractivity contribution in [1.82, 2.24) is 35.0 Å². The summed E-state index contributed by atoms with van der Waals surface area (Å²) in [4.78, 5) is 21.0. The molecule has 0 radical (unpaired) electrons. The number of fused-ring (bicyclic) bond motifs is 2. The van der Waals surface area contributed by atoms with Gasteiger partial charge in [0.05, 0.1) is 16.8 Å². The standard InChI is InChI=1S/C18H13N7O2S/c1-10-20-17(27-24-10)11-6-7-25-14(8-11)22-23-15(25)9-19-16(26)18-21-12-4-2-3-5-13(12)28-18/h2-8H,9H2,1H3,(H,19,26). The van der Waals surface area contributed by atoms with Gasteiger partial charge in [-0.05, 0) is 31.2 Å². The molecule has 1 aromatic carbocycles. The van der Waals surface area contributed by atoms with Crippen molar-refractivity contribution in [3.05, 3.63) is 59.3 Å². The number of thiazole rings is 1. The number of aromatic nitrogens is 6. The number of carbonyl (C=O) groups is 1. The van der Waals surface area contributed by atoms with Gasteiger partial charge in [0.1, 0.15) is 0 Å². The van der Waals surface area contributed by atoms with Gasteiger partial charge < -0.3 is 9.84 Å². The number of hydrogen-bond donors (Lipinski definition) is 1. The normalized spacial score (nSPS) is 11.3. The van der Waals surface area contributed by atoms with Crippen LogP contribution >= 0.6 is 11.3 Å². The molecule has 4 heterocycles. The second-order valence-electron chi connectivity index (χ2n) is 6.08. The number of hydrogen-bond acceptors (Lipinski definition) is 8. The number of nitrogens with zero attached hydrogens (tertiary/aromatic N) is 6. The maximum Gasteiger partial charge on any atom is 0.280 e. The number of nitrogens with one attached hydrogen (secondary N) is 1. The van der Waals surface area contributed by atoms with E-state index >= 15 is 0 Å². The van der Waals surface area contributed by atoms with E-state index in [1.54, 1.807) is 17.4 Å². The Morgan fingerprint density at radius 2 is 2.11 bits per heavy atom. The Labute approximate surface area is 162 Å². The van der Waals surface area contributed by atoms with Crippen molar-refractivity contribution in [2.75, 3.05) is 0 Å². The van der Waals surface area contributed by atoms with Crippen molar-refractivity contribution in [3.8, 4) is 11.5 Å². The Kier molecular flexibility index (Phi) is 3.83. The number of aryl methyl sites for hydroxylation is 1. The Balaban J connectivity index is 1.35. The van der Waals surface area contributed by atoms with Crippen LogP contribution in [-0.2, 0) is 6.54 Å². The van der Waals surface area contributed by atoms with Gasteiger partial charge in [0.2, 0.25) is 0 Å². The summed E-state index contributed by atoms with van der Waals surface area (Å²) in [5.74, 6) is 1.36. The molecule has 0 spiro atoms. The zero-order valence-electron chi connectivity index (χ0n) is 14.7. The smallest absolute Gasteiger partial charge is 0.280 e. The second kappa shape index (κ2) is 6.50. The fourth-order valence-corrected chi connectivity index (χ4v) is 3.69. The highest BCUT2D eigenvalue weighted by atomic mass is 32.1. The number of pyridine rings is 1. The van der Waals surface area contributed by atoms with Gasteiger partial charge in [-0.15, -0.1) is 21.5 Å². The number of carbonyl (C=O) groups excluding carboxylic acids is 1. The van der Waals surface area contributed by atoms with Crippen molar-refractivity contribution < 1.29 is 9.32 Å². The molecule has 4 aromatic heterocycles. The summed E-state index contributed by atoms with van der Waals surface area (Å²) in [6, 6.07) is 11.3. The van der Waals surface area contributed by atoms with Crippen LogP contribution in [0.4, 0.5) is 0 Å². The highest BCUT2D eigenvalue weighted by Crippen LogP contribution is 2.22. The maximum atomic E-state index is 12.4. The van der Waals surface area contributed by atoms with E-state index in [1.165, 1.54) is 11.3 Å². The van der Waals surface area contributed by atoms with Crippen LogP contribution in [0.3, 0.4) is 0 Å². The maximum absolute atomic E-state index is 12.4. The van der Waals surface area contributed by atoms with Gasteiger partial charge >= 0.3 is 0 Å². The molecular formula is C18H13N7O2S. The molecule has 0 aliphatic heterocycles. The third kappa shape index (κ3) is 2.89. The first-order valence-electron chi connectivity index (χ1n) is 8.45. The summed E-state index contributed by atoms with van der Waals surface area (Å²) in [6.07, 6.45) is 1.81. The molecule has 1 amide bonds. The minimum Gasteiger partial charge on any atom is -0.343 e. The van der Waals surface area contributed by atoms with E-state index < -0.39 is 0 Å². The monoisotopic (exact) mass is 391 g/mol. The lowest BCUT2D eigenvalue weighted by molar-refractivity contribution is 0.0949. The number of benzene rings is 1. The lowest BCUT2D eigenvalue weighted by Gasteiger charge is -2.02. The van der Waals surface area contributed by atoms with Crippen LogP contribution in [0, 0.1) is 6.92 Å². The van der Waals surface area contributed by atoms with Gasteiger partial charge in [0.15, 0.2) is 22.3 Å². The molecule has 0 bridgehead atoms. The second-order valence-corrected chi connectivity index (χ2v) is 7.11. The minimum atomic E-state index is -0.240. The molecule has 0 saturated heterocycles. The average molecular weight is 391 g/mol. The van der Waals surface area contributed by atoms with Crippen LogP contribution in [0.5, 0.6) is 0 Å². The third-order valence-electron chi connectivity index (χ3n) is 4.15. The van der Waals surface area contributed by atoms with E-state index in [0.717, 1.165) is 15.8 Å². The van der Waals surface area contributed by atoms with Crippen molar-refractivity contribution in [2.45, 2.75) is 13.5 Å². The summed E-state index contributed by atoms with van der Waals surface area (Å²) in [7, 11) is 0. The summed E-state index contributed by atoms with van der Waals surface area (Å²) in [6.45, 7) is 1.99. The molecular weight excluding hydrogens is 378 g/mol. The zero-order valence-corrected chi connectivity index (χ0v) is 15.5. The fourth-order valence-electron chi connectivity index (χ4n) is 2.81. The molecule has 0 aliphatic carbocycles. The summed E-state index contributed by atoms with van der Waals surface area (Å²) < 4.78 is 7.95. The van der Waals surface area contributed by atoms with Gasteiger partial charge in [-0.3, -0.25) is 9.20 Å². The van der Waals surface area contributed by atoms with Crippen molar-refractivity contribution in [3.63, 3.8) is 0 Å². The van der Waals surface area contributed by atoms with Gasteiger partial charge in [-0.1, -0.05) is 17.3 Å². The molecule has 0 aliphatic rings. The van der Waals surface area contributed by atoms with E-state index in [4.69, 9.17) is 4.52 Å². The third-order valence-corrected chi connectivity index (χ3v) is 5.19. The van der Waals surface area contributed by atoms with E-state index in [9.17, 15) is 4.79 Å². The van der Waals surface area contributed by atoms with Crippen LogP contribution in [0.1, 0.15) is 21.5 Å². The largest absolute Gasteiger partial charge is 0.343 e. The van der Waals surface area contributed by atoms with Crippen LogP contribution < -0.4 is 5.32 Å². The van der Waals surface area contributed by atoms with E-state index in [-0.39, 0.29) is 12.5 Å². The number of rotatable bonds is 4. The lowest BCUT2D eigenvalue weighted by Crippen LogP contribution is -2.23. The van der Waals surface area contributed by atoms with E-state index in [0.29, 0.717) is 28.2 Å². The molecule has 138 valence electrons. The first-order chi connectivity index (χ1) is 13.7. The highest BCUT2D eigenvalue weighted by molar-refractivity contribution is 7.20. The summed E-state index contributed by atoms with van der Waals surface area (Å²) in [5, 5.41) is 15.4. The first-order valence-corrected chi connectivity index (χ1v) is 9.27. The van der Waals surface area contributed by atoms with Crippen LogP contribution in [-0.4, -0.2) is 35.6 Å². The lowest BCUT2D eigenvalue weighted by atomic mass is 10.2. The highest BCUT2D eigenvalue weighted by Gasteiger charge is 2.14. The Morgan fingerprint density at radius 1 is 1.21 bits per heavy atom. The molecule has 10 heteroatoms. The SMILES string of the molecule is Cc1noc(-c2ccn3c(CNC(=O)c4nc5ccccc5s4)nnc3c2)n1. The van der Waals surface area contributed by atoms with E-state index in [2.05, 4.69) is 30.6 Å². The molecule has 5 aromatic rings. The minimum absolute atomic E-state index is 0.231. The zero-order chi connectivity index (χ0) is 19.1. The Bertz CT molecular complexity index is 1290. The molecule has 9 nitrogen and oxygen atoms in total. The summed E-state index contributed by atoms with van der Waals surface area (Å²) >= 11 is 1.36. The average Bonchev–Trinajstić information content (AvgIpc) is 3.43. The van der Waals surface area contributed by atoms with Crippen molar-refractivity contribution in [1.29, 1.82) is 0 Å². The van der Waals surface area contributed by atoms with Gasteiger partial charge in [0.25, 0.3) is 11.8 Å². The number of para-hydroxylation sites is 1. The van der Waals surface area contributed by atoms with Crippen LogP contribution in [0.15, 0.2) is 47.1 Å². The molecule has 5 rings (SSSR count). The van der Waals surface area contributed by atoms with E-state index in [1.807, 2.05) is 36.5 Å². The Hall–Kier alpha value is -3.66. The van der Waals surface area contributed by atoms with Crippen molar-refractivity contribution >= 4 is 33.1 Å². The molecule has 0 atom stereocenters. The molecule has 1 N–H and O–H groups in total. The number of amides is 1. The molecule has 0 saturated carbocycles. The summed E-state index contributed by atoms with van der Waals surface area (Å²) in [5.41, 5.74) is 2.19. The Morgan fingerprint density at radius 3 is 2.93 bits per heavy atom. The van der Waals surface area contributed by atoms with Gasteiger partial charge in [0, 0.05) is 11.8 Å². The molecule has 0 unspecified atom stereocenters. The van der Waals surface area contributed by atoms with Gasteiger partial charge in [-0.25, -0.2) is 4.98 Å².